The molecule has 0 heterocycles. The smallest absolute Gasteiger partial charge is 0.333 e. The molecule has 0 radical (unpaired) electrons. The molecule has 0 aliphatic heterocycles. The van der Waals surface area contributed by atoms with E-state index in [-0.39, 0.29) is 31.8 Å². The molecule has 188 valence electrons. The molecule has 0 N–H and O–H groups in total. The van der Waals surface area contributed by atoms with Crippen LogP contribution in [0.25, 0.3) is 0 Å². The van der Waals surface area contributed by atoms with Crippen LogP contribution in [0.3, 0.4) is 0 Å². The van der Waals surface area contributed by atoms with Gasteiger partial charge in [0, 0.05) is 16.6 Å². The Bertz CT molecular complexity index is 1010. The van der Waals surface area contributed by atoms with Crippen molar-refractivity contribution in [1.82, 2.24) is 0 Å². The number of aryl methyl sites for hydroxylation is 2. The zero-order valence-electron chi connectivity index (χ0n) is 21.7. The summed E-state index contributed by atoms with van der Waals surface area (Å²) >= 11 is 0. The van der Waals surface area contributed by atoms with E-state index in [4.69, 9.17) is 18.9 Å². The Kier molecular flexibility index (Phi) is 9.69. The summed E-state index contributed by atoms with van der Waals surface area (Å²) in [4.78, 5) is 22.9. The largest absolute Gasteiger partial charge is 0.490 e. The summed E-state index contributed by atoms with van der Waals surface area (Å²) in [6.45, 7) is 19.6. The number of carbonyl (C=O) groups is 2. The van der Waals surface area contributed by atoms with Crippen LogP contribution in [0, 0.1) is 13.8 Å². The van der Waals surface area contributed by atoms with Gasteiger partial charge in [0.05, 0.1) is 0 Å². The maximum atomic E-state index is 11.5. The van der Waals surface area contributed by atoms with E-state index in [1.54, 1.807) is 13.8 Å². The monoisotopic (exact) mass is 480 g/mol. The van der Waals surface area contributed by atoms with E-state index in [1.807, 2.05) is 26.0 Å². The molecule has 2 rings (SSSR count). The first kappa shape index (κ1) is 27.7. The molecule has 35 heavy (non-hydrogen) atoms. The minimum absolute atomic E-state index is 0.169. The topological polar surface area (TPSA) is 71.1 Å². The van der Waals surface area contributed by atoms with Gasteiger partial charge < -0.3 is 18.9 Å². The van der Waals surface area contributed by atoms with Gasteiger partial charge in [-0.25, -0.2) is 9.59 Å². The van der Waals surface area contributed by atoms with Gasteiger partial charge in [-0.1, -0.05) is 51.3 Å². The minimum Gasteiger partial charge on any atom is -0.490 e. The minimum atomic E-state index is -0.416. The first-order chi connectivity index (χ1) is 16.4. The summed E-state index contributed by atoms with van der Waals surface area (Å²) in [6.07, 6.45) is 0. The van der Waals surface area contributed by atoms with Crippen LogP contribution in [0.2, 0.25) is 0 Å². The molecule has 0 atom stereocenters. The number of hydrogen-bond acceptors (Lipinski definition) is 6. The highest BCUT2D eigenvalue weighted by Crippen LogP contribution is 2.35. The van der Waals surface area contributed by atoms with Crippen molar-refractivity contribution in [2.24, 2.45) is 0 Å². The van der Waals surface area contributed by atoms with Gasteiger partial charge in [0.25, 0.3) is 0 Å². The molecule has 0 aromatic heterocycles. The van der Waals surface area contributed by atoms with E-state index < -0.39 is 11.9 Å². The van der Waals surface area contributed by atoms with Crippen LogP contribution in [0.4, 0.5) is 0 Å². The Morgan fingerprint density at radius 2 is 1.09 bits per heavy atom. The Balaban J connectivity index is 2.01. The highest BCUT2D eigenvalue weighted by atomic mass is 16.6. The molecule has 0 bridgehead atoms. The van der Waals surface area contributed by atoms with Crippen LogP contribution >= 0.6 is 0 Å². The average molecular weight is 481 g/mol. The molecule has 0 spiro atoms. The highest BCUT2D eigenvalue weighted by Gasteiger charge is 2.24. The van der Waals surface area contributed by atoms with Crippen LogP contribution in [-0.4, -0.2) is 38.4 Å². The molecule has 2 aromatic carbocycles. The Morgan fingerprint density at radius 3 is 1.40 bits per heavy atom. The second-order valence-electron chi connectivity index (χ2n) is 9.11. The Hall–Kier alpha value is -3.54. The van der Waals surface area contributed by atoms with Gasteiger partial charge in [-0.3, -0.25) is 0 Å². The standard InChI is InChI=1S/C29H36O6/c1-19(2)27(30)34-15-13-32-25-11-9-23(17-21(25)5)29(7,8)24-10-12-26(22(6)18-24)33-14-16-35-28(31)20(3)4/h9-12,17-18H,1,3,13-16H2,2,4-8H3. The third-order valence-corrected chi connectivity index (χ3v) is 5.64. The van der Waals surface area contributed by atoms with Crippen molar-refractivity contribution in [2.75, 3.05) is 26.4 Å². The van der Waals surface area contributed by atoms with Gasteiger partial charge in [-0.05, 0) is 62.1 Å². The SMILES string of the molecule is C=C(C)C(=O)OCCOc1ccc(C(C)(C)c2ccc(OCCOC(=O)C(=C)C)c(C)c2)cc1C. The maximum Gasteiger partial charge on any atom is 0.333 e. The number of esters is 2. The number of carbonyl (C=O) groups excluding carboxylic acids is 2. The lowest BCUT2D eigenvalue weighted by Gasteiger charge is -2.28. The van der Waals surface area contributed by atoms with E-state index >= 15 is 0 Å². The molecular weight excluding hydrogens is 444 g/mol. The van der Waals surface area contributed by atoms with Crippen LogP contribution in [0.15, 0.2) is 60.7 Å². The highest BCUT2D eigenvalue weighted by molar-refractivity contribution is 5.87. The van der Waals surface area contributed by atoms with Gasteiger partial charge in [-0.15, -0.1) is 0 Å². The number of ether oxygens (including phenoxy) is 4. The lowest BCUT2D eigenvalue weighted by Crippen LogP contribution is -2.20. The zero-order chi connectivity index (χ0) is 26.2. The summed E-state index contributed by atoms with van der Waals surface area (Å²) in [5, 5.41) is 0. The molecule has 0 amide bonds. The molecule has 0 saturated heterocycles. The summed E-state index contributed by atoms with van der Waals surface area (Å²) in [5.74, 6) is 0.673. The first-order valence-electron chi connectivity index (χ1n) is 11.6. The Morgan fingerprint density at radius 1 is 0.714 bits per heavy atom. The summed E-state index contributed by atoms with van der Waals surface area (Å²) in [6, 6.07) is 12.2. The average Bonchev–Trinajstić information content (AvgIpc) is 2.80. The van der Waals surface area contributed by atoms with E-state index in [0.29, 0.717) is 11.1 Å². The van der Waals surface area contributed by atoms with Crippen molar-refractivity contribution in [1.29, 1.82) is 0 Å². The second-order valence-corrected chi connectivity index (χ2v) is 9.11. The fourth-order valence-corrected chi connectivity index (χ4v) is 3.39. The van der Waals surface area contributed by atoms with Crippen molar-refractivity contribution >= 4 is 11.9 Å². The number of rotatable bonds is 12. The third-order valence-electron chi connectivity index (χ3n) is 5.64. The second kappa shape index (κ2) is 12.2. The summed E-state index contributed by atoms with van der Waals surface area (Å²) in [5.41, 5.74) is 4.79. The molecule has 0 saturated carbocycles. The number of hydrogen-bond donors (Lipinski definition) is 0. The van der Waals surface area contributed by atoms with E-state index in [9.17, 15) is 9.59 Å². The predicted octanol–water partition coefficient (Wildman–Crippen LogP) is 5.63. The molecular formula is C29H36O6. The van der Waals surface area contributed by atoms with Gasteiger partial charge in [0.1, 0.15) is 37.9 Å². The fraction of sp³-hybridized carbons (Fsp3) is 0.379. The molecule has 0 aliphatic rings. The van der Waals surface area contributed by atoms with E-state index in [1.165, 1.54) is 0 Å². The molecule has 0 aliphatic carbocycles. The van der Waals surface area contributed by atoms with Crippen molar-refractivity contribution < 1.29 is 28.5 Å². The first-order valence-corrected chi connectivity index (χ1v) is 11.6. The van der Waals surface area contributed by atoms with Crippen LogP contribution < -0.4 is 9.47 Å². The zero-order valence-corrected chi connectivity index (χ0v) is 21.7. The van der Waals surface area contributed by atoms with Crippen molar-refractivity contribution in [3.8, 4) is 11.5 Å². The maximum absolute atomic E-state index is 11.5. The summed E-state index contributed by atoms with van der Waals surface area (Å²) < 4.78 is 21.7. The lowest BCUT2D eigenvalue weighted by atomic mass is 9.77. The molecule has 2 aromatic rings. The molecule has 0 unspecified atom stereocenters. The fourth-order valence-electron chi connectivity index (χ4n) is 3.39. The lowest BCUT2D eigenvalue weighted by molar-refractivity contribution is -0.140. The van der Waals surface area contributed by atoms with Crippen molar-refractivity contribution in [3.63, 3.8) is 0 Å². The van der Waals surface area contributed by atoms with Gasteiger partial charge >= 0.3 is 11.9 Å². The van der Waals surface area contributed by atoms with Gasteiger partial charge in [-0.2, -0.15) is 0 Å². The van der Waals surface area contributed by atoms with E-state index in [0.717, 1.165) is 33.8 Å². The molecule has 0 fully saturated rings. The van der Waals surface area contributed by atoms with E-state index in [2.05, 4.69) is 51.3 Å². The molecule has 6 nitrogen and oxygen atoms in total. The Labute approximate surface area is 208 Å². The van der Waals surface area contributed by atoms with Crippen molar-refractivity contribution in [2.45, 2.75) is 47.0 Å². The quantitative estimate of drug-likeness (QED) is 0.223. The van der Waals surface area contributed by atoms with Crippen LogP contribution in [0.5, 0.6) is 11.5 Å². The van der Waals surface area contributed by atoms with Gasteiger partial charge in [0.2, 0.25) is 0 Å². The van der Waals surface area contributed by atoms with Crippen LogP contribution in [0.1, 0.15) is 49.9 Å². The normalized spacial score (nSPS) is 10.9. The van der Waals surface area contributed by atoms with Gasteiger partial charge in [0.15, 0.2) is 0 Å². The number of benzene rings is 2. The van der Waals surface area contributed by atoms with Crippen LogP contribution in [-0.2, 0) is 24.5 Å². The molecule has 6 heteroatoms. The van der Waals surface area contributed by atoms with Crippen molar-refractivity contribution in [3.05, 3.63) is 83.0 Å². The predicted molar refractivity (Wildman–Crippen MR) is 137 cm³/mol. The third kappa shape index (κ3) is 7.74. The summed E-state index contributed by atoms with van der Waals surface area (Å²) in [7, 11) is 0.